The van der Waals surface area contributed by atoms with Gasteiger partial charge in [0, 0.05) is 34.0 Å². The second-order valence-electron chi connectivity index (χ2n) is 4.21. The third kappa shape index (κ3) is 3.26. The minimum Gasteiger partial charge on any atom is -0.455 e. The van der Waals surface area contributed by atoms with Gasteiger partial charge in [0.25, 0.3) is 0 Å². The summed E-state index contributed by atoms with van der Waals surface area (Å²) in [6.45, 7) is 4.22. The van der Waals surface area contributed by atoms with Gasteiger partial charge in [-0.15, -0.1) is 0 Å². The first kappa shape index (κ1) is 14.3. The molecule has 0 unspecified atom stereocenters. The molecule has 0 aliphatic heterocycles. The molecule has 0 bridgehead atoms. The van der Waals surface area contributed by atoms with Crippen LogP contribution in [-0.4, -0.2) is 4.98 Å². The molecule has 2 rings (SSSR count). The Kier molecular flexibility index (Phi) is 4.45. The monoisotopic (exact) mass is 340 g/mol. The molecule has 3 nitrogen and oxygen atoms in total. The van der Waals surface area contributed by atoms with Gasteiger partial charge in [-0.2, -0.15) is 0 Å². The summed E-state index contributed by atoms with van der Waals surface area (Å²) in [6, 6.07) is 7.36. The third-order valence-corrected chi connectivity index (χ3v) is 3.52. The summed E-state index contributed by atoms with van der Waals surface area (Å²) in [4.78, 5) is 4.38. The van der Waals surface area contributed by atoms with Gasteiger partial charge < -0.3 is 10.5 Å². The van der Waals surface area contributed by atoms with Crippen LogP contribution >= 0.6 is 27.5 Å². The number of halogens is 2. The van der Waals surface area contributed by atoms with Crippen molar-refractivity contribution in [3.05, 3.63) is 50.7 Å². The van der Waals surface area contributed by atoms with Crippen LogP contribution in [0.5, 0.6) is 11.5 Å². The number of rotatable bonds is 3. The summed E-state index contributed by atoms with van der Waals surface area (Å²) in [5.41, 5.74) is 8.42. The molecule has 0 aliphatic rings. The Balaban J connectivity index is 2.42. The minimum atomic E-state index is 0.378. The second-order valence-corrected chi connectivity index (χ2v) is 5.53. The van der Waals surface area contributed by atoms with Crippen LogP contribution in [-0.2, 0) is 6.54 Å². The SMILES string of the molecule is Cc1cc(Oc2ccc(Br)cc2Cl)c(CN)c(C)n1. The zero-order chi connectivity index (χ0) is 14.0. The molecule has 0 radical (unpaired) electrons. The van der Waals surface area contributed by atoms with Gasteiger partial charge >= 0.3 is 0 Å². The van der Waals surface area contributed by atoms with Gasteiger partial charge in [-0.25, -0.2) is 0 Å². The van der Waals surface area contributed by atoms with Crippen LogP contribution in [0.2, 0.25) is 5.02 Å². The van der Waals surface area contributed by atoms with Crippen molar-refractivity contribution in [2.45, 2.75) is 20.4 Å². The van der Waals surface area contributed by atoms with E-state index in [1.807, 2.05) is 32.0 Å². The van der Waals surface area contributed by atoms with E-state index in [0.717, 1.165) is 21.4 Å². The second kappa shape index (κ2) is 5.90. The van der Waals surface area contributed by atoms with Crippen LogP contribution in [0.3, 0.4) is 0 Å². The number of benzene rings is 1. The van der Waals surface area contributed by atoms with Gasteiger partial charge in [0.15, 0.2) is 0 Å². The van der Waals surface area contributed by atoms with E-state index in [1.54, 1.807) is 6.07 Å². The van der Waals surface area contributed by atoms with Crippen molar-refractivity contribution in [3.63, 3.8) is 0 Å². The van der Waals surface area contributed by atoms with E-state index in [2.05, 4.69) is 20.9 Å². The summed E-state index contributed by atoms with van der Waals surface area (Å²) < 4.78 is 6.78. The molecule has 2 N–H and O–H groups in total. The van der Waals surface area contributed by atoms with Gasteiger partial charge in [0.05, 0.1) is 5.02 Å². The van der Waals surface area contributed by atoms with Crippen molar-refractivity contribution >= 4 is 27.5 Å². The Morgan fingerprint density at radius 1 is 1.26 bits per heavy atom. The standard InChI is InChI=1S/C14H14BrClN2O/c1-8-5-14(11(7-17)9(2)18-8)19-13-4-3-10(15)6-12(13)16/h3-6H,7,17H2,1-2H3. The average molecular weight is 342 g/mol. The van der Waals surface area contributed by atoms with Gasteiger partial charge in [-0.1, -0.05) is 27.5 Å². The lowest BCUT2D eigenvalue weighted by Crippen LogP contribution is -2.05. The number of hydrogen-bond acceptors (Lipinski definition) is 3. The fourth-order valence-electron chi connectivity index (χ4n) is 1.84. The first-order chi connectivity index (χ1) is 9.01. The zero-order valence-corrected chi connectivity index (χ0v) is 13.0. The Morgan fingerprint density at radius 2 is 2.00 bits per heavy atom. The normalized spacial score (nSPS) is 10.6. The molecule has 1 aromatic heterocycles. The first-order valence-electron chi connectivity index (χ1n) is 5.81. The van der Waals surface area contributed by atoms with Gasteiger partial charge in [-0.3, -0.25) is 4.98 Å². The highest BCUT2D eigenvalue weighted by molar-refractivity contribution is 9.10. The van der Waals surface area contributed by atoms with Gasteiger partial charge in [-0.05, 0) is 32.0 Å². The molecular weight excluding hydrogens is 328 g/mol. The average Bonchev–Trinajstić information content (AvgIpc) is 2.32. The van der Waals surface area contributed by atoms with E-state index in [1.165, 1.54) is 0 Å². The van der Waals surface area contributed by atoms with Crippen LogP contribution in [0.4, 0.5) is 0 Å². The summed E-state index contributed by atoms with van der Waals surface area (Å²) in [5, 5.41) is 0.546. The molecule has 19 heavy (non-hydrogen) atoms. The van der Waals surface area contributed by atoms with Crippen LogP contribution in [0.1, 0.15) is 17.0 Å². The van der Waals surface area contributed by atoms with Crippen molar-refractivity contribution in [2.75, 3.05) is 0 Å². The molecule has 1 aromatic carbocycles. The topological polar surface area (TPSA) is 48.1 Å². The maximum atomic E-state index is 6.15. The van der Waals surface area contributed by atoms with Crippen molar-refractivity contribution in [1.29, 1.82) is 0 Å². The quantitative estimate of drug-likeness (QED) is 0.902. The van der Waals surface area contributed by atoms with Gasteiger partial charge in [0.2, 0.25) is 0 Å². The number of nitrogens with zero attached hydrogens (tertiary/aromatic N) is 1. The van der Waals surface area contributed by atoms with Crippen LogP contribution in [0.15, 0.2) is 28.7 Å². The first-order valence-corrected chi connectivity index (χ1v) is 6.98. The lowest BCUT2D eigenvalue weighted by atomic mass is 10.1. The fraction of sp³-hybridized carbons (Fsp3) is 0.214. The maximum absolute atomic E-state index is 6.15. The van der Waals surface area contributed by atoms with Crippen molar-refractivity contribution < 1.29 is 4.74 Å². The van der Waals surface area contributed by atoms with Crippen LogP contribution < -0.4 is 10.5 Å². The predicted molar refractivity (Wildman–Crippen MR) is 80.8 cm³/mol. The molecule has 0 fully saturated rings. The largest absolute Gasteiger partial charge is 0.455 e. The van der Waals surface area contributed by atoms with Crippen LogP contribution in [0.25, 0.3) is 0 Å². The highest BCUT2D eigenvalue weighted by atomic mass is 79.9. The third-order valence-electron chi connectivity index (χ3n) is 2.74. The number of aryl methyl sites for hydroxylation is 2. The number of nitrogens with two attached hydrogens (primary N) is 1. The Labute approximate surface area is 125 Å². The summed E-state index contributed by atoms with van der Waals surface area (Å²) in [6.07, 6.45) is 0. The predicted octanol–water partition coefficient (Wildman–Crippen LogP) is 4.37. The molecule has 0 atom stereocenters. The minimum absolute atomic E-state index is 0.378. The molecular formula is C14H14BrClN2O. The summed E-state index contributed by atoms with van der Waals surface area (Å²) in [7, 11) is 0. The van der Waals surface area contributed by atoms with Crippen molar-refractivity contribution in [3.8, 4) is 11.5 Å². The lowest BCUT2D eigenvalue weighted by Gasteiger charge is -2.14. The molecule has 0 amide bonds. The molecule has 0 saturated carbocycles. The zero-order valence-electron chi connectivity index (χ0n) is 10.7. The van der Waals surface area contributed by atoms with E-state index < -0.39 is 0 Å². The lowest BCUT2D eigenvalue weighted by molar-refractivity contribution is 0.474. The van der Waals surface area contributed by atoms with Crippen molar-refractivity contribution in [1.82, 2.24) is 4.98 Å². The fourth-order valence-corrected chi connectivity index (χ4v) is 2.55. The highest BCUT2D eigenvalue weighted by Gasteiger charge is 2.11. The molecule has 0 aliphatic carbocycles. The van der Waals surface area contributed by atoms with E-state index in [0.29, 0.717) is 23.1 Å². The highest BCUT2D eigenvalue weighted by Crippen LogP contribution is 2.34. The van der Waals surface area contributed by atoms with E-state index in [9.17, 15) is 0 Å². The summed E-state index contributed by atoms with van der Waals surface area (Å²) >= 11 is 9.52. The molecule has 1 heterocycles. The van der Waals surface area contributed by atoms with Crippen LogP contribution in [0, 0.1) is 13.8 Å². The Morgan fingerprint density at radius 3 is 2.63 bits per heavy atom. The maximum Gasteiger partial charge on any atom is 0.146 e. The molecule has 100 valence electrons. The number of hydrogen-bond donors (Lipinski definition) is 1. The molecule has 0 spiro atoms. The van der Waals surface area contributed by atoms with Gasteiger partial charge in [0.1, 0.15) is 11.5 Å². The molecule has 0 saturated heterocycles. The van der Waals surface area contributed by atoms with E-state index in [4.69, 9.17) is 22.1 Å². The number of pyridine rings is 1. The number of aromatic nitrogens is 1. The smallest absolute Gasteiger partial charge is 0.146 e. The van der Waals surface area contributed by atoms with Crippen molar-refractivity contribution in [2.24, 2.45) is 5.73 Å². The van der Waals surface area contributed by atoms with E-state index >= 15 is 0 Å². The Bertz CT molecular complexity index is 617. The molecule has 2 aromatic rings. The number of ether oxygens (including phenoxy) is 1. The van der Waals surface area contributed by atoms with E-state index in [-0.39, 0.29) is 0 Å². The Hall–Kier alpha value is -1.10. The summed E-state index contributed by atoms with van der Waals surface area (Å²) in [5.74, 6) is 1.31. The molecule has 5 heteroatoms.